The topological polar surface area (TPSA) is 30.5 Å². The minimum Gasteiger partial charge on any atom is -0.385 e. The number of nitrogens with one attached hydrogen (secondary N) is 1. The monoisotopic (exact) mass is 271 g/mol. The summed E-state index contributed by atoms with van der Waals surface area (Å²) < 4.78 is 10.4. The first-order valence-corrected chi connectivity index (χ1v) is 6.81. The van der Waals surface area contributed by atoms with Crippen LogP contribution in [0.2, 0.25) is 0 Å². The maximum atomic E-state index is 5.79. The maximum absolute atomic E-state index is 5.79. The smallest absolute Gasteiger partial charge is 0.0591 e. The van der Waals surface area contributed by atoms with E-state index in [2.05, 4.69) is 17.4 Å². The van der Waals surface area contributed by atoms with E-state index in [1.54, 1.807) is 7.11 Å². The Morgan fingerprint density at radius 3 is 2.78 bits per heavy atom. The first-order valence-electron chi connectivity index (χ1n) is 6.28. The van der Waals surface area contributed by atoms with Gasteiger partial charge in [-0.3, -0.25) is 0 Å². The number of ether oxygens (including phenoxy) is 2. The van der Waals surface area contributed by atoms with E-state index in [1.165, 1.54) is 5.56 Å². The second kappa shape index (κ2) is 10.3. The Morgan fingerprint density at radius 1 is 1.17 bits per heavy atom. The van der Waals surface area contributed by atoms with E-state index in [9.17, 15) is 0 Å². The molecule has 0 saturated carbocycles. The Balaban J connectivity index is 2.03. The Morgan fingerprint density at radius 2 is 2.00 bits per heavy atom. The van der Waals surface area contributed by atoms with Crippen molar-refractivity contribution < 1.29 is 9.47 Å². The summed E-state index contributed by atoms with van der Waals surface area (Å²) in [6, 6.07) is 8.30. The summed E-state index contributed by atoms with van der Waals surface area (Å²) >= 11 is 5.79. The second-order valence-corrected chi connectivity index (χ2v) is 4.36. The zero-order valence-corrected chi connectivity index (χ0v) is 11.7. The van der Waals surface area contributed by atoms with Gasteiger partial charge in [0.2, 0.25) is 0 Å². The third-order valence-electron chi connectivity index (χ3n) is 2.54. The third-order valence-corrected chi connectivity index (χ3v) is 2.84. The molecule has 1 aromatic rings. The molecule has 1 aromatic carbocycles. The average Bonchev–Trinajstić information content (AvgIpc) is 2.42. The third kappa shape index (κ3) is 6.97. The number of rotatable bonds is 10. The van der Waals surface area contributed by atoms with Crippen LogP contribution in [-0.2, 0) is 21.9 Å². The van der Waals surface area contributed by atoms with Crippen molar-refractivity contribution >= 4 is 11.6 Å². The van der Waals surface area contributed by atoms with Gasteiger partial charge in [-0.25, -0.2) is 0 Å². The van der Waals surface area contributed by atoms with Crippen molar-refractivity contribution in [3.05, 3.63) is 35.4 Å². The molecule has 1 rings (SSSR count). The molecule has 0 radical (unpaired) electrons. The van der Waals surface area contributed by atoms with Gasteiger partial charge in [0.15, 0.2) is 0 Å². The summed E-state index contributed by atoms with van der Waals surface area (Å²) in [5.74, 6) is 0.566. The summed E-state index contributed by atoms with van der Waals surface area (Å²) in [5.41, 5.74) is 2.42. The lowest BCUT2D eigenvalue weighted by molar-refractivity contribution is 0.104. The number of methoxy groups -OCH3 is 1. The highest BCUT2D eigenvalue weighted by molar-refractivity contribution is 6.17. The molecular weight excluding hydrogens is 250 g/mol. The highest BCUT2D eigenvalue weighted by Gasteiger charge is 1.95. The zero-order valence-electron chi connectivity index (χ0n) is 11.0. The lowest BCUT2D eigenvalue weighted by Crippen LogP contribution is -2.19. The van der Waals surface area contributed by atoms with Gasteiger partial charge >= 0.3 is 0 Å². The van der Waals surface area contributed by atoms with Gasteiger partial charge in [-0.2, -0.15) is 0 Å². The van der Waals surface area contributed by atoms with Crippen molar-refractivity contribution in [2.45, 2.75) is 18.8 Å². The van der Waals surface area contributed by atoms with E-state index in [0.29, 0.717) is 5.88 Å². The SMILES string of the molecule is COCCCOCCNCc1cccc(CCl)c1. The van der Waals surface area contributed by atoms with Crippen molar-refractivity contribution in [3.8, 4) is 0 Å². The Labute approximate surface area is 114 Å². The van der Waals surface area contributed by atoms with Crippen LogP contribution in [0.15, 0.2) is 24.3 Å². The van der Waals surface area contributed by atoms with Crippen LogP contribution in [0.3, 0.4) is 0 Å². The highest BCUT2D eigenvalue weighted by Crippen LogP contribution is 2.07. The van der Waals surface area contributed by atoms with Crippen molar-refractivity contribution in [1.29, 1.82) is 0 Å². The van der Waals surface area contributed by atoms with E-state index >= 15 is 0 Å². The summed E-state index contributed by atoms with van der Waals surface area (Å²) in [7, 11) is 1.70. The molecule has 0 aliphatic rings. The van der Waals surface area contributed by atoms with Gasteiger partial charge in [0, 0.05) is 39.3 Å². The van der Waals surface area contributed by atoms with Gasteiger partial charge in [0.25, 0.3) is 0 Å². The molecule has 0 bridgehead atoms. The van der Waals surface area contributed by atoms with Crippen molar-refractivity contribution in [2.24, 2.45) is 0 Å². The normalized spacial score (nSPS) is 10.8. The first kappa shape index (κ1) is 15.4. The number of benzene rings is 1. The number of hydrogen-bond donors (Lipinski definition) is 1. The van der Waals surface area contributed by atoms with Crippen LogP contribution in [0.4, 0.5) is 0 Å². The predicted molar refractivity (Wildman–Crippen MR) is 75.0 cm³/mol. The van der Waals surface area contributed by atoms with Crippen molar-refractivity contribution in [1.82, 2.24) is 5.32 Å². The molecule has 0 spiro atoms. The number of halogens is 1. The van der Waals surface area contributed by atoms with Gasteiger partial charge in [-0.15, -0.1) is 11.6 Å². The van der Waals surface area contributed by atoms with Gasteiger partial charge in [0.1, 0.15) is 0 Å². The highest BCUT2D eigenvalue weighted by atomic mass is 35.5. The van der Waals surface area contributed by atoms with Crippen LogP contribution in [-0.4, -0.2) is 33.5 Å². The van der Waals surface area contributed by atoms with Crippen LogP contribution in [0.25, 0.3) is 0 Å². The molecule has 4 heteroatoms. The molecule has 0 heterocycles. The summed E-state index contributed by atoms with van der Waals surface area (Å²) in [6.45, 7) is 3.97. The molecular formula is C14H22ClNO2. The minimum absolute atomic E-state index is 0.566. The van der Waals surface area contributed by atoms with Crippen LogP contribution in [0, 0.1) is 0 Å². The molecule has 0 unspecified atom stereocenters. The maximum Gasteiger partial charge on any atom is 0.0591 e. The molecule has 0 saturated heterocycles. The fourth-order valence-electron chi connectivity index (χ4n) is 1.61. The lowest BCUT2D eigenvalue weighted by atomic mass is 10.1. The summed E-state index contributed by atoms with van der Waals surface area (Å²) in [6.07, 6.45) is 0.953. The molecule has 102 valence electrons. The first-order chi connectivity index (χ1) is 8.86. The molecule has 0 atom stereocenters. The zero-order chi connectivity index (χ0) is 13.1. The van der Waals surface area contributed by atoms with Gasteiger partial charge in [0.05, 0.1) is 6.61 Å². The van der Waals surface area contributed by atoms with Gasteiger partial charge in [-0.1, -0.05) is 24.3 Å². The molecule has 1 N–H and O–H groups in total. The van der Waals surface area contributed by atoms with E-state index in [-0.39, 0.29) is 0 Å². The fourth-order valence-corrected chi connectivity index (χ4v) is 1.77. The van der Waals surface area contributed by atoms with Gasteiger partial charge in [-0.05, 0) is 17.5 Å². The average molecular weight is 272 g/mol. The summed E-state index contributed by atoms with van der Waals surface area (Å²) in [4.78, 5) is 0. The molecule has 0 aliphatic carbocycles. The van der Waals surface area contributed by atoms with Crippen LogP contribution >= 0.6 is 11.6 Å². The number of hydrogen-bond acceptors (Lipinski definition) is 3. The Hall–Kier alpha value is -0.610. The molecule has 0 aliphatic heterocycles. The van der Waals surface area contributed by atoms with E-state index in [0.717, 1.165) is 44.9 Å². The minimum atomic E-state index is 0.566. The fraction of sp³-hybridized carbons (Fsp3) is 0.571. The largest absolute Gasteiger partial charge is 0.385 e. The van der Waals surface area contributed by atoms with E-state index < -0.39 is 0 Å². The number of alkyl halides is 1. The standard InChI is InChI=1S/C14H22ClNO2/c1-17-7-3-8-18-9-6-16-12-14-5-2-4-13(10-14)11-15/h2,4-5,10,16H,3,6-9,11-12H2,1H3. The van der Waals surface area contributed by atoms with Crippen LogP contribution < -0.4 is 5.32 Å². The Kier molecular flexibility index (Phi) is 8.86. The Bertz CT molecular complexity index is 320. The summed E-state index contributed by atoms with van der Waals surface area (Å²) in [5, 5.41) is 3.34. The molecule has 3 nitrogen and oxygen atoms in total. The quantitative estimate of drug-likeness (QED) is 0.524. The van der Waals surface area contributed by atoms with Crippen molar-refractivity contribution in [2.75, 3.05) is 33.5 Å². The second-order valence-electron chi connectivity index (χ2n) is 4.09. The van der Waals surface area contributed by atoms with Crippen molar-refractivity contribution in [3.63, 3.8) is 0 Å². The van der Waals surface area contributed by atoms with Crippen LogP contribution in [0.5, 0.6) is 0 Å². The van der Waals surface area contributed by atoms with E-state index in [4.69, 9.17) is 21.1 Å². The van der Waals surface area contributed by atoms with E-state index in [1.807, 2.05) is 12.1 Å². The van der Waals surface area contributed by atoms with Crippen LogP contribution in [0.1, 0.15) is 17.5 Å². The molecule has 0 fully saturated rings. The van der Waals surface area contributed by atoms with Gasteiger partial charge < -0.3 is 14.8 Å². The molecule has 0 aromatic heterocycles. The molecule has 18 heavy (non-hydrogen) atoms. The lowest BCUT2D eigenvalue weighted by Gasteiger charge is -2.07. The molecule has 0 amide bonds. The predicted octanol–water partition coefficient (Wildman–Crippen LogP) is 2.57.